The lowest BCUT2D eigenvalue weighted by molar-refractivity contribution is -0.131. The topological polar surface area (TPSA) is 37.3 Å². The number of hydrogen-bond donors (Lipinski definition) is 1. The smallest absolute Gasteiger partial charge is 0.188 e. The molecule has 0 saturated heterocycles. The zero-order valence-electron chi connectivity index (χ0n) is 5.45. The first-order valence-electron chi connectivity index (χ1n) is 3.35. The van der Waals surface area contributed by atoms with Gasteiger partial charge in [0, 0.05) is 12.3 Å². The van der Waals surface area contributed by atoms with Crippen molar-refractivity contribution in [3.05, 3.63) is 24.3 Å². The predicted octanol–water partition coefficient (Wildman–Crippen LogP) is 0.432. The van der Waals surface area contributed by atoms with Crippen molar-refractivity contribution in [2.24, 2.45) is 5.92 Å². The van der Waals surface area contributed by atoms with Gasteiger partial charge in [0.2, 0.25) is 0 Å². The monoisotopic (exact) mass is 136 g/mol. The SMILES string of the molecule is O=C1C=CC2C=CCC12O. The van der Waals surface area contributed by atoms with Gasteiger partial charge in [0.15, 0.2) is 5.78 Å². The van der Waals surface area contributed by atoms with E-state index in [-0.39, 0.29) is 11.7 Å². The fourth-order valence-electron chi connectivity index (χ4n) is 1.51. The molecule has 1 N–H and O–H groups in total. The second kappa shape index (κ2) is 1.58. The van der Waals surface area contributed by atoms with E-state index in [1.54, 1.807) is 6.08 Å². The van der Waals surface area contributed by atoms with E-state index in [1.807, 2.05) is 12.2 Å². The second-order valence-corrected chi connectivity index (χ2v) is 2.81. The van der Waals surface area contributed by atoms with Crippen LogP contribution in [0.15, 0.2) is 24.3 Å². The summed E-state index contributed by atoms with van der Waals surface area (Å²) < 4.78 is 0. The summed E-state index contributed by atoms with van der Waals surface area (Å²) in [5.41, 5.74) is -1.10. The van der Waals surface area contributed by atoms with Crippen LogP contribution in [-0.4, -0.2) is 16.5 Å². The van der Waals surface area contributed by atoms with Crippen molar-refractivity contribution in [2.45, 2.75) is 12.0 Å². The van der Waals surface area contributed by atoms with E-state index in [0.29, 0.717) is 6.42 Å². The van der Waals surface area contributed by atoms with E-state index in [4.69, 9.17) is 0 Å². The summed E-state index contributed by atoms with van der Waals surface area (Å²) in [4.78, 5) is 11.0. The van der Waals surface area contributed by atoms with Crippen molar-refractivity contribution in [2.75, 3.05) is 0 Å². The lowest BCUT2D eigenvalue weighted by Crippen LogP contribution is -2.36. The highest BCUT2D eigenvalue weighted by molar-refractivity contribution is 6.00. The fraction of sp³-hybridized carbons (Fsp3) is 0.375. The molecule has 0 aromatic carbocycles. The first kappa shape index (κ1) is 5.86. The summed E-state index contributed by atoms with van der Waals surface area (Å²) in [5, 5.41) is 9.62. The van der Waals surface area contributed by atoms with Crippen molar-refractivity contribution in [1.29, 1.82) is 0 Å². The third-order valence-electron chi connectivity index (χ3n) is 2.21. The van der Waals surface area contributed by atoms with Gasteiger partial charge in [0.1, 0.15) is 5.60 Å². The summed E-state index contributed by atoms with van der Waals surface area (Å²) in [6, 6.07) is 0. The predicted molar refractivity (Wildman–Crippen MR) is 36.3 cm³/mol. The van der Waals surface area contributed by atoms with Gasteiger partial charge in [-0.2, -0.15) is 0 Å². The van der Waals surface area contributed by atoms with Crippen LogP contribution in [-0.2, 0) is 4.79 Å². The minimum atomic E-state index is -1.10. The molecule has 0 bridgehead atoms. The van der Waals surface area contributed by atoms with Crippen LogP contribution >= 0.6 is 0 Å². The van der Waals surface area contributed by atoms with Gasteiger partial charge in [-0.25, -0.2) is 0 Å². The van der Waals surface area contributed by atoms with Gasteiger partial charge in [-0.15, -0.1) is 0 Å². The first-order chi connectivity index (χ1) is 4.73. The molecule has 2 atom stereocenters. The van der Waals surface area contributed by atoms with E-state index in [9.17, 15) is 9.90 Å². The molecule has 0 heterocycles. The summed E-state index contributed by atoms with van der Waals surface area (Å²) in [6.07, 6.45) is 7.43. The average molecular weight is 136 g/mol. The van der Waals surface area contributed by atoms with Crippen LogP contribution in [0.2, 0.25) is 0 Å². The van der Waals surface area contributed by atoms with Crippen LogP contribution in [0, 0.1) is 5.92 Å². The lowest BCUT2D eigenvalue weighted by atomic mass is 9.92. The van der Waals surface area contributed by atoms with E-state index in [2.05, 4.69) is 0 Å². The minimum absolute atomic E-state index is 0.0556. The second-order valence-electron chi connectivity index (χ2n) is 2.81. The quantitative estimate of drug-likeness (QED) is 0.490. The number of hydrogen-bond acceptors (Lipinski definition) is 2. The molecule has 0 spiro atoms. The minimum Gasteiger partial charge on any atom is -0.380 e. The largest absolute Gasteiger partial charge is 0.380 e. The molecule has 2 nitrogen and oxygen atoms in total. The number of rotatable bonds is 0. The maximum atomic E-state index is 11.0. The van der Waals surface area contributed by atoms with Gasteiger partial charge in [-0.05, 0) is 6.08 Å². The van der Waals surface area contributed by atoms with E-state index >= 15 is 0 Å². The lowest BCUT2D eigenvalue weighted by Gasteiger charge is -2.19. The normalized spacial score (nSPS) is 42.9. The maximum absolute atomic E-state index is 11.0. The number of aliphatic hydroxyl groups is 1. The van der Waals surface area contributed by atoms with E-state index < -0.39 is 5.60 Å². The zero-order valence-corrected chi connectivity index (χ0v) is 5.45. The molecule has 2 aliphatic carbocycles. The highest BCUT2D eigenvalue weighted by Gasteiger charge is 2.45. The number of carbonyl (C=O) groups excluding carboxylic acids is 1. The highest BCUT2D eigenvalue weighted by Crippen LogP contribution is 2.36. The molecule has 2 unspecified atom stereocenters. The Morgan fingerprint density at radius 2 is 2.40 bits per heavy atom. The Balaban J connectivity index is 2.42. The summed E-state index contributed by atoms with van der Waals surface area (Å²) in [5.74, 6) is -0.206. The number of carbonyl (C=O) groups is 1. The molecule has 0 amide bonds. The van der Waals surface area contributed by atoms with Crippen molar-refractivity contribution < 1.29 is 9.90 Å². The Kier molecular flexibility index (Phi) is 0.926. The third kappa shape index (κ3) is 0.497. The molecule has 2 aliphatic rings. The Bertz CT molecular complexity index is 240. The molecule has 52 valence electrons. The molecule has 0 saturated carbocycles. The summed E-state index contributed by atoms with van der Waals surface area (Å²) in [6.45, 7) is 0. The summed E-state index contributed by atoms with van der Waals surface area (Å²) >= 11 is 0. The molecule has 0 aliphatic heterocycles. The highest BCUT2D eigenvalue weighted by atomic mass is 16.3. The summed E-state index contributed by atoms with van der Waals surface area (Å²) in [7, 11) is 0. The Hall–Kier alpha value is -0.890. The fourth-order valence-corrected chi connectivity index (χ4v) is 1.51. The molecular formula is C8H8O2. The Morgan fingerprint density at radius 1 is 1.60 bits per heavy atom. The molecule has 0 aromatic rings. The average Bonchev–Trinajstić information content (AvgIpc) is 2.36. The van der Waals surface area contributed by atoms with E-state index in [1.165, 1.54) is 6.08 Å². The van der Waals surface area contributed by atoms with Crippen LogP contribution in [0.4, 0.5) is 0 Å². The van der Waals surface area contributed by atoms with Crippen LogP contribution in [0.1, 0.15) is 6.42 Å². The molecule has 2 heteroatoms. The van der Waals surface area contributed by atoms with Crippen molar-refractivity contribution in [3.8, 4) is 0 Å². The van der Waals surface area contributed by atoms with Gasteiger partial charge < -0.3 is 5.11 Å². The van der Waals surface area contributed by atoms with Crippen molar-refractivity contribution in [3.63, 3.8) is 0 Å². The van der Waals surface area contributed by atoms with Crippen molar-refractivity contribution >= 4 is 5.78 Å². The number of fused-ring (bicyclic) bond motifs is 1. The molecule has 2 rings (SSSR count). The van der Waals surface area contributed by atoms with Crippen LogP contribution in [0.25, 0.3) is 0 Å². The van der Waals surface area contributed by atoms with Crippen molar-refractivity contribution in [1.82, 2.24) is 0 Å². The van der Waals surface area contributed by atoms with Gasteiger partial charge in [0.05, 0.1) is 0 Å². The molecular weight excluding hydrogens is 128 g/mol. The standard InChI is InChI=1S/C8H8O2/c9-7-4-3-6-2-1-5-8(6,7)10/h1-4,6,10H,5H2. The van der Waals surface area contributed by atoms with Crippen LogP contribution < -0.4 is 0 Å². The van der Waals surface area contributed by atoms with Gasteiger partial charge in [-0.1, -0.05) is 18.2 Å². The maximum Gasteiger partial charge on any atom is 0.188 e. The molecule has 0 aromatic heterocycles. The van der Waals surface area contributed by atoms with Gasteiger partial charge >= 0.3 is 0 Å². The van der Waals surface area contributed by atoms with Gasteiger partial charge in [0.25, 0.3) is 0 Å². The Labute approximate surface area is 58.9 Å². The Morgan fingerprint density at radius 3 is 3.10 bits per heavy atom. The zero-order chi connectivity index (χ0) is 7.19. The number of ketones is 1. The van der Waals surface area contributed by atoms with Crippen LogP contribution in [0.3, 0.4) is 0 Å². The van der Waals surface area contributed by atoms with E-state index in [0.717, 1.165) is 0 Å². The van der Waals surface area contributed by atoms with Crippen LogP contribution in [0.5, 0.6) is 0 Å². The van der Waals surface area contributed by atoms with Gasteiger partial charge in [-0.3, -0.25) is 4.79 Å². The molecule has 0 fully saturated rings. The third-order valence-corrected chi connectivity index (χ3v) is 2.21. The molecule has 10 heavy (non-hydrogen) atoms. The molecule has 0 radical (unpaired) electrons. The first-order valence-corrected chi connectivity index (χ1v) is 3.35.